The minimum absolute atomic E-state index is 0.116. The van der Waals surface area contributed by atoms with E-state index in [-0.39, 0.29) is 36.1 Å². The minimum atomic E-state index is -6.17. The van der Waals surface area contributed by atoms with Crippen molar-refractivity contribution in [3.63, 3.8) is 0 Å². The second kappa shape index (κ2) is 8.22. The minimum Gasteiger partial charge on any atom is -0.481 e. The van der Waals surface area contributed by atoms with Crippen LogP contribution in [0.4, 0.5) is 30.7 Å². The Morgan fingerprint density at radius 3 is 2.25 bits per heavy atom. The molecule has 4 nitrogen and oxygen atoms in total. The van der Waals surface area contributed by atoms with Gasteiger partial charge in [-0.05, 0) is 55.6 Å². The largest absolute Gasteiger partial charge is 0.481 e. The summed E-state index contributed by atoms with van der Waals surface area (Å²) in [5.74, 6) is -2.24. The molecule has 1 fully saturated rings. The van der Waals surface area contributed by atoms with E-state index in [2.05, 4.69) is 5.32 Å². The summed E-state index contributed by atoms with van der Waals surface area (Å²) in [6.07, 6.45) is -11.2. The van der Waals surface area contributed by atoms with Crippen molar-refractivity contribution in [2.45, 2.75) is 69.0 Å². The van der Waals surface area contributed by atoms with Gasteiger partial charge >= 0.3 is 24.0 Å². The van der Waals surface area contributed by atoms with Gasteiger partial charge in [-0.2, -0.15) is 26.3 Å². The van der Waals surface area contributed by atoms with Crippen LogP contribution in [0.25, 0.3) is 0 Å². The van der Waals surface area contributed by atoms with Crippen LogP contribution in [0, 0.1) is 11.8 Å². The summed E-state index contributed by atoms with van der Waals surface area (Å²) in [6, 6.07) is 1.71. The summed E-state index contributed by atoms with van der Waals surface area (Å²) in [6.45, 7) is 1.56. The first kappa shape index (κ1) is 24.3. The van der Waals surface area contributed by atoms with Crippen LogP contribution in [0.1, 0.15) is 55.2 Å². The van der Waals surface area contributed by atoms with Crippen molar-refractivity contribution in [2.75, 3.05) is 0 Å². The van der Waals surface area contributed by atoms with Crippen LogP contribution in [-0.4, -0.2) is 35.4 Å². The van der Waals surface area contributed by atoms with Crippen LogP contribution in [0.2, 0.25) is 0 Å². The summed E-state index contributed by atoms with van der Waals surface area (Å²) >= 11 is 0. The number of fused-ring (bicyclic) bond motifs is 3. The lowest BCUT2D eigenvalue weighted by Gasteiger charge is -2.34. The molecule has 0 spiro atoms. The average molecular weight is 469 g/mol. The molecule has 0 aliphatic heterocycles. The van der Waals surface area contributed by atoms with E-state index in [1.807, 2.05) is 0 Å². The molecule has 0 heterocycles. The van der Waals surface area contributed by atoms with Crippen molar-refractivity contribution >= 4 is 11.9 Å². The number of benzene rings is 1. The van der Waals surface area contributed by atoms with E-state index in [9.17, 15) is 40.3 Å². The monoisotopic (exact) mass is 469 g/mol. The molecule has 1 saturated carbocycles. The van der Waals surface area contributed by atoms with Gasteiger partial charge in [0.05, 0.1) is 6.42 Å². The molecular weight excluding hydrogens is 447 g/mol. The molecule has 0 bridgehead atoms. The van der Waals surface area contributed by atoms with Crippen molar-refractivity contribution in [2.24, 2.45) is 11.8 Å². The zero-order valence-corrected chi connectivity index (χ0v) is 17.0. The molecule has 2 aliphatic rings. The van der Waals surface area contributed by atoms with Crippen molar-refractivity contribution < 1.29 is 45.4 Å². The Morgan fingerprint density at radius 2 is 1.69 bits per heavy atom. The third-order valence-electron chi connectivity index (χ3n) is 6.50. The Hall–Kier alpha value is -2.33. The highest BCUT2D eigenvalue weighted by Crippen LogP contribution is 2.55. The highest BCUT2D eigenvalue weighted by molar-refractivity contribution is 5.80. The molecule has 32 heavy (non-hydrogen) atoms. The number of halogens is 7. The number of hydrogen-bond donors (Lipinski definition) is 2. The second-order valence-corrected chi connectivity index (χ2v) is 8.57. The van der Waals surface area contributed by atoms with Gasteiger partial charge in [0.25, 0.3) is 0 Å². The predicted octanol–water partition coefficient (Wildman–Crippen LogP) is 5.01. The summed E-state index contributed by atoms with van der Waals surface area (Å²) in [5.41, 5.74) is -6.21. The number of carbonyl (C=O) groups excluding carboxylic acids is 1. The Kier molecular flexibility index (Phi) is 6.25. The van der Waals surface area contributed by atoms with Gasteiger partial charge in [0.2, 0.25) is 5.91 Å². The van der Waals surface area contributed by atoms with Gasteiger partial charge in [-0.25, -0.2) is 4.39 Å². The lowest BCUT2D eigenvalue weighted by Crippen LogP contribution is -2.50. The predicted molar refractivity (Wildman–Crippen MR) is 98.5 cm³/mol. The first-order valence-corrected chi connectivity index (χ1v) is 10.1. The van der Waals surface area contributed by atoms with E-state index in [1.165, 1.54) is 0 Å². The number of carboxylic acids is 1. The first-order valence-electron chi connectivity index (χ1n) is 10.1. The quantitative estimate of drug-likeness (QED) is 0.596. The highest BCUT2D eigenvalue weighted by atomic mass is 19.4. The molecular formula is C21H22F7NO3. The van der Waals surface area contributed by atoms with Crippen molar-refractivity contribution in [3.8, 4) is 0 Å². The number of rotatable bonds is 5. The van der Waals surface area contributed by atoms with Crippen molar-refractivity contribution in [1.29, 1.82) is 0 Å². The topological polar surface area (TPSA) is 66.4 Å². The summed E-state index contributed by atoms with van der Waals surface area (Å²) in [7, 11) is 0. The molecule has 4 atom stereocenters. The number of hydrogen-bond acceptors (Lipinski definition) is 2. The highest BCUT2D eigenvalue weighted by Gasteiger charge is 2.73. The lowest BCUT2D eigenvalue weighted by molar-refractivity contribution is -0.348. The second-order valence-electron chi connectivity index (χ2n) is 8.57. The fourth-order valence-corrected chi connectivity index (χ4v) is 5.05. The lowest BCUT2D eigenvalue weighted by atomic mass is 9.73. The molecule has 0 aromatic heterocycles. The molecule has 1 amide bonds. The van der Waals surface area contributed by atoms with Gasteiger partial charge in [0.1, 0.15) is 0 Å². The SMILES string of the molecule is CC(CC(=O)O)NC(=O)[C@@H]1CCC2c3ccc(C(F)(C(F)(F)F)C(F)(F)F)cc3CCC21. The number of alkyl halides is 7. The van der Waals surface area contributed by atoms with E-state index < -0.39 is 41.5 Å². The van der Waals surface area contributed by atoms with Gasteiger partial charge in [-0.1, -0.05) is 18.2 Å². The number of carbonyl (C=O) groups is 2. The fourth-order valence-electron chi connectivity index (χ4n) is 5.05. The Labute approximate surface area is 179 Å². The van der Waals surface area contributed by atoms with Gasteiger partial charge in [-0.15, -0.1) is 0 Å². The maximum atomic E-state index is 14.4. The molecule has 178 valence electrons. The zero-order chi connectivity index (χ0) is 24.1. The number of nitrogens with one attached hydrogen (secondary N) is 1. The smallest absolute Gasteiger partial charge is 0.435 e. The van der Waals surface area contributed by atoms with Gasteiger partial charge in [0, 0.05) is 17.5 Å². The molecule has 3 unspecified atom stereocenters. The Balaban J connectivity index is 1.84. The van der Waals surface area contributed by atoms with Crippen molar-refractivity contribution in [3.05, 3.63) is 34.9 Å². The Morgan fingerprint density at radius 1 is 1.06 bits per heavy atom. The van der Waals surface area contributed by atoms with Crippen LogP contribution in [0.15, 0.2) is 18.2 Å². The normalized spacial score (nSPS) is 24.4. The van der Waals surface area contributed by atoms with Crippen LogP contribution < -0.4 is 5.32 Å². The van der Waals surface area contributed by atoms with Gasteiger partial charge in [-0.3, -0.25) is 9.59 Å². The van der Waals surface area contributed by atoms with E-state index in [0.29, 0.717) is 37.0 Å². The molecule has 1 aromatic rings. The maximum Gasteiger partial charge on any atom is 0.435 e. The zero-order valence-electron chi connectivity index (χ0n) is 17.0. The summed E-state index contributed by atoms with van der Waals surface area (Å²) in [4.78, 5) is 23.4. The van der Waals surface area contributed by atoms with E-state index in [4.69, 9.17) is 5.11 Å². The molecule has 2 N–H and O–H groups in total. The third kappa shape index (κ3) is 4.17. The number of aryl methyl sites for hydroxylation is 1. The van der Waals surface area contributed by atoms with E-state index >= 15 is 0 Å². The number of aliphatic carboxylic acids is 1. The van der Waals surface area contributed by atoms with Crippen molar-refractivity contribution in [1.82, 2.24) is 5.32 Å². The molecule has 1 aromatic carbocycles. The molecule has 0 saturated heterocycles. The number of amides is 1. The van der Waals surface area contributed by atoms with Gasteiger partial charge < -0.3 is 10.4 Å². The summed E-state index contributed by atoms with van der Waals surface area (Å²) in [5, 5.41) is 11.5. The molecule has 11 heteroatoms. The number of carboxylic acid groups (broad SMARTS) is 1. The third-order valence-corrected chi connectivity index (χ3v) is 6.50. The summed E-state index contributed by atoms with van der Waals surface area (Å²) < 4.78 is 92.9. The van der Waals surface area contributed by atoms with Crippen LogP contribution >= 0.6 is 0 Å². The Bertz CT molecular complexity index is 882. The molecule has 2 aliphatic carbocycles. The van der Waals surface area contributed by atoms with E-state index in [0.717, 1.165) is 6.07 Å². The van der Waals surface area contributed by atoms with Crippen LogP contribution in [0.5, 0.6) is 0 Å². The molecule has 0 radical (unpaired) electrons. The standard InChI is InChI=1S/C21H22F7NO3/c1-10(8-17(30)31)29-18(32)16-7-6-14-13-5-3-12(9-11(13)2-4-15(14)16)19(22,20(23,24)25)21(26,27)28/h3,5,9-10,14-16H,2,4,6-8H2,1H3,(H,29,32)(H,30,31)/t10?,14?,15?,16-/m1/s1. The van der Waals surface area contributed by atoms with Crippen LogP contribution in [0.3, 0.4) is 0 Å². The maximum absolute atomic E-state index is 14.4. The first-order chi connectivity index (χ1) is 14.7. The average Bonchev–Trinajstić information content (AvgIpc) is 3.08. The van der Waals surface area contributed by atoms with Gasteiger partial charge in [0.15, 0.2) is 0 Å². The van der Waals surface area contributed by atoms with Crippen LogP contribution in [-0.2, 0) is 21.7 Å². The molecule has 3 rings (SSSR count). The van der Waals surface area contributed by atoms with E-state index in [1.54, 1.807) is 6.92 Å². The fraction of sp³-hybridized carbons (Fsp3) is 0.619.